The van der Waals surface area contributed by atoms with Gasteiger partial charge < -0.3 is 15.2 Å². The van der Waals surface area contributed by atoms with E-state index in [1.807, 2.05) is 0 Å². The highest BCUT2D eigenvalue weighted by atomic mass is 19.4. The van der Waals surface area contributed by atoms with Crippen molar-refractivity contribution in [2.45, 2.75) is 25.1 Å². The Balaban J connectivity index is 2.19. The van der Waals surface area contributed by atoms with E-state index in [9.17, 15) is 13.2 Å². The first-order valence-corrected chi connectivity index (χ1v) is 5.68. The molecule has 0 aromatic heterocycles. The molecule has 1 aromatic rings. The van der Waals surface area contributed by atoms with E-state index in [1.165, 1.54) is 12.1 Å². The Kier molecular flexibility index (Phi) is 3.65. The zero-order valence-corrected chi connectivity index (χ0v) is 9.67. The topological polar surface area (TPSA) is 44.5 Å². The van der Waals surface area contributed by atoms with Crippen molar-refractivity contribution in [3.05, 3.63) is 23.8 Å². The first-order valence-electron chi connectivity index (χ1n) is 5.68. The zero-order valence-electron chi connectivity index (χ0n) is 9.67. The van der Waals surface area contributed by atoms with Crippen LogP contribution >= 0.6 is 0 Å². The van der Waals surface area contributed by atoms with Crippen molar-refractivity contribution in [2.75, 3.05) is 18.9 Å². The average molecular weight is 261 g/mol. The fourth-order valence-electron chi connectivity index (χ4n) is 2.05. The van der Waals surface area contributed by atoms with Gasteiger partial charge in [-0.3, -0.25) is 0 Å². The van der Waals surface area contributed by atoms with Gasteiger partial charge in [-0.15, -0.1) is 13.2 Å². The Bertz CT molecular complexity index is 414. The Hall–Kier alpha value is -1.43. The SMILES string of the molecule is Nc1ccc(C2CCOCC2)cc1OC(F)(F)F. The van der Waals surface area contributed by atoms with Gasteiger partial charge in [-0.1, -0.05) is 6.07 Å². The molecule has 1 heterocycles. The number of rotatable bonds is 2. The number of hydrogen-bond acceptors (Lipinski definition) is 3. The highest BCUT2D eigenvalue weighted by Gasteiger charge is 2.32. The van der Waals surface area contributed by atoms with Crippen LogP contribution in [0.4, 0.5) is 18.9 Å². The van der Waals surface area contributed by atoms with E-state index in [1.54, 1.807) is 6.07 Å². The van der Waals surface area contributed by atoms with E-state index in [0.29, 0.717) is 13.2 Å². The lowest BCUT2D eigenvalue weighted by Gasteiger charge is -2.23. The number of ether oxygens (including phenoxy) is 2. The van der Waals surface area contributed by atoms with Crippen LogP contribution in [0.5, 0.6) is 5.75 Å². The summed E-state index contributed by atoms with van der Waals surface area (Å²) in [5.41, 5.74) is 6.28. The lowest BCUT2D eigenvalue weighted by molar-refractivity contribution is -0.274. The van der Waals surface area contributed by atoms with Crippen LogP contribution in [0, 0.1) is 0 Å². The van der Waals surface area contributed by atoms with Crippen LogP contribution in [0.15, 0.2) is 18.2 Å². The normalized spacial score (nSPS) is 17.7. The van der Waals surface area contributed by atoms with Gasteiger partial charge in [-0.05, 0) is 36.5 Å². The minimum Gasteiger partial charge on any atom is -0.404 e. The molecule has 0 radical (unpaired) electrons. The van der Waals surface area contributed by atoms with Gasteiger partial charge in [0.25, 0.3) is 0 Å². The van der Waals surface area contributed by atoms with Crippen molar-refractivity contribution in [3.63, 3.8) is 0 Å². The summed E-state index contributed by atoms with van der Waals surface area (Å²) < 4.78 is 45.7. The summed E-state index contributed by atoms with van der Waals surface area (Å²) in [7, 11) is 0. The fraction of sp³-hybridized carbons (Fsp3) is 0.500. The summed E-state index contributed by atoms with van der Waals surface area (Å²) >= 11 is 0. The highest BCUT2D eigenvalue weighted by Crippen LogP contribution is 2.34. The van der Waals surface area contributed by atoms with Crippen LogP contribution in [-0.4, -0.2) is 19.6 Å². The first kappa shape index (κ1) is 13.0. The second kappa shape index (κ2) is 5.06. The van der Waals surface area contributed by atoms with Crippen molar-refractivity contribution < 1.29 is 22.6 Å². The van der Waals surface area contributed by atoms with Gasteiger partial charge in [-0.2, -0.15) is 0 Å². The monoisotopic (exact) mass is 261 g/mol. The molecule has 1 aliphatic rings. The molecule has 3 nitrogen and oxygen atoms in total. The molecule has 1 saturated heterocycles. The number of anilines is 1. The van der Waals surface area contributed by atoms with Crippen molar-refractivity contribution in [2.24, 2.45) is 0 Å². The molecule has 2 rings (SSSR count). The number of halogens is 3. The van der Waals surface area contributed by atoms with Crippen LogP contribution in [0.3, 0.4) is 0 Å². The number of nitrogens with two attached hydrogens (primary N) is 1. The third kappa shape index (κ3) is 3.29. The van der Waals surface area contributed by atoms with Crippen LogP contribution in [0.25, 0.3) is 0 Å². The maximum Gasteiger partial charge on any atom is 0.573 e. The van der Waals surface area contributed by atoms with Gasteiger partial charge in [0.1, 0.15) is 0 Å². The van der Waals surface area contributed by atoms with Crippen molar-refractivity contribution in [3.8, 4) is 5.75 Å². The quantitative estimate of drug-likeness (QED) is 0.832. The minimum absolute atomic E-state index is 0.0110. The number of nitrogen functional groups attached to an aromatic ring is 1. The van der Waals surface area contributed by atoms with Gasteiger partial charge in [0.05, 0.1) is 5.69 Å². The lowest BCUT2D eigenvalue weighted by Crippen LogP contribution is -2.19. The Morgan fingerprint density at radius 2 is 1.89 bits per heavy atom. The summed E-state index contributed by atoms with van der Waals surface area (Å²) in [6, 6.07) is 4.57. The summed E-state index contributed by atoms with van der Waals surface area (Å²) in [4.78, 5) is 0. The average Bonchev–Trinajstić information content (AvgIpc) is 2.31. The molecule has 18 heavy (non-hydrogen) atoms. The van der Waals surface area contributed by atoms with E-state index in [4.69, 9.17) is 10.5 Å². The number of alkyl halides is 3. The molecular formula is C12H14F3NO2. The smallest absolute Gasteiger partial charge is 0.404 e. The van der Waals surface area contributed by atoms with Crippen molar-refractivity contribution >= 4 is 5.69 Å². The molecule has 2 N–H and O–H groups in total. The van der Waals surface area contributed by atoms with Gasteiger partial charge in [-0.25, -0.2) is 0 Å². The third-order valence-electron chi connectivity index (χ3n) is 2.96. The molecule has 1 fully saturated rings. The van der Waals surface area contributed by atoms with Crippen molar-refractivity contribution in [1.82, 2.24) is 0 Å². The Morgan fingerprint density at radius 1 is 1.22 bits per heavy atom. The fourth-order valence-corrected chi connectivity index (χ4v) is 2.05. The maximum absolute atomic E-state index is 12.2. The van der Waals surface area contributed by atoms with Crippen molar-refractivity contribution in [1.29, 1.82) is 0 Å². The third-order valence-corrected chi connectivity index (χ3v) is 2.96. The molecule has 100 valence electrons. The summed E-state index contributed by atoms with van der Waals surface area (Å²) in [6.07, 6.45) is -3.12. The van der Waals surface area contributed by atoms with E-state index >= 15 is 0 Å². The molecule has 1 aliphatic heterocycles. The number of hydrogen-bond donors (Lipinski definition) is 1. The van der Waals surface area contributed by atoms with Crippen LogP contribution in [-0.2, 0) is 4.74 Å². The molecule has 0 unspecified atom stereocenters. The van der Waals surface area contributed by atoms with Gasteiger partial charge >= 0.3 is 6.36 Å². The van der Waals surface area contributed by atoms with Gasteiger partial charge in [0.2, 0.25) is 0 Å². The van der Waals surface area contributed by atoms with Gasteiger partial charge in [0.15, 0.2) is 5.75 Å². The highest BCUT2D eigenvalue weighted by molar-refractivity contribution is 5.54. The summed E-state index contributed by atoms with van der Waals surface area (Å²) in [5.74, 6) is -0.124. The van der Waals surface area contributed by atoms with E-state index in [0.717, 1.165) is 18.4 Å². The predicted molar refractivity (Wildman–Crippen MR) is 60.3 cm³/mol. The first-order chi connectivity index (χ1) is 8.46. The van der Waals surface area contributed by atoms with E-state index < -0.39 is 6.36 Å². The largest absolute Gasteiger partial charge is 0.573 e. The molecule has 1 aromatic carbocycles. The van der Waals surface area contributed by atoms with Crippen LogP contribution in [0.2, 0.25) is 0 Å². The molecule has 0 amide bonds. The molecule has 0 saturated carbocycles. The van der Waals surface area contributed by atoms with Crippen LogP contribution < -0.4 is 10.5 Å². The summed E-state index contributed by atoms with van der Waals surface area (Å²) in [5, 5.41) is 0. The zero-order chi connectivity index (χ0) is 13.2. The minimum atomic E-state index is -4.72. The molecule has 0 atom stereocenters. The molecule has 0 aliphatic carbocycles. The molecule has 0 bridgehead atoms. The molecular weight excluding hydrogens is 247 g/mol. The second-order valence-corrected chi connectivity index (χ2v) is 4.23. The summed E-state index contributed by atoms with van der Waals surface area (Å²) in [6.45, 7) is 1.26. The van der Waals surface area contributed by atoms with E-state index in [2.05, 4.69) is 4.74 Å². The Morgan fingerprint density at radius 3 is 2.50 bits per heavy atom. The number of benzene rings is 1. The standard InChI is InChI=1S/C12H14F3NO2/c13-12(14,15)18-11-7-9(1-2-10(11)16)8-3-5-17-6-4-8/h1-2,7-8H,3-6,16H2. The molecule has 0 spiro atoms. The second-order valence-electron chi connectivity index (χ2n) is 4.23. The van der Waals surface area contributed by atoms with Gasteiger partial charge in [0, 0.05) is 13.2 Å². The Labute approximate surface area is 103 Å². The predicted octanol–water partition coefficient (Wildman–Crippen LogP) is 3.06. The van der Waals surface area contributed by atoms with Crippen LogP contribution in [0.1, 0.15) is 24.3 Å². The maximum atomic E-state index is 12.2. The molecule has 6 heteroatoms. The van der Waals surface area contributed by atoms with E-state index in [-0.39, 0.29) is 17.4 Å². The lowest BCUT2D eigenvalue weighted by atomic mass is 9.91.